The Morgan fingerprint density at radius 3 is 2.60 bits per heavy atom. The number of benzene rings is 1. The van der Waals surface area contributed by atoms with Gasteiger partial charge in [0.05, 0.1) is 5.69 Å². The number of amidine groups is 2. The van der Waals surface area contributed by atoms with E-state index in [-0.39, 0.29) is 17.4 Å². The van der Waals surface area contributed by atoms with Crippen molar-refractivity contribution in [1.29, 1.82) is 5.41 Å². The molecule has 126 valence electrons. The summed E-state index contributed by atoms with van der Waals surface area (Å²) in [6.45, 7) is 1.86. The van der Waals surface area contributed by atoms with Gasteiger partial charge in [-0.05, 0) is 43.3 Å². The molecule has 0 spiro atoms. The first-order valence-electron chi connectivity index (χ1n) is 7.46. The van der Waals surface area contributed by atoms with E-state index in [1.807, 2.05) is 6.92 Å². The Morgan fingerprint density at radius 2 is 2.00 bits per heavy atom. The summed E-state index contributed by atoms with van der Waals surface area (Å²) in [4.78, 5) is 11.6. The van der Waals surface area contributed by atoms with E-state index in [1.165, 1.54) is 24.3 Å². The van der Waals surface area contributed by atoms with Crippen LogP contribution in [-0.4, -0.2) is 32.6 Å². The van der Waals surface area contributed by atoms with Crippen molar-refractivity contribution in [2.24, 2.45) is 15.7 Å². The van der Waals surface area contributed by atoms with Crippen molar-refractivity contribution in [2.75, 3.05) is 0 Å². The molecular formula is C17H16FN7. The zero-order valence-electron chi connectivity index (χ0n) is 13.4. The summed E-state index contributed by atoms with van der Waals surface area (Å²) in [5.41, 5.74) is 7.90. The highest BCUT2D eigenvalue weighted by Crippen LogP contribution is 2.12. The van der Waals surface area contributed by atoms with Gasteiger partial charge in [-0.2, -0.15) is 5.10 Å². The first-order chi connectivity index (χ1) is 12.0. The molecule has 5 N–H and O–H groups in total. The lowest BCUT2D eigenvalue weighted by molar-refractivity contribution is 0.628. The van der Waals surface area contributed by atoms with Crippen molar-refractivity contribution < 1.29 is 4.39 Å². The monoisotopic (exact) mass is 337 g/mol. The average molecular weight is 337 g/mol. The molecule has 2 aromatic heterocycles. The molecule has 0 radical (unpaired) electrons. The van der Waals surface area contributed by atoms with Crippen molar-refractivity contribution in [2.45, 2.75) is 6.92 Å². The molecule has 0 aliphatic carbocycles. The van der Waals surface area contributed by atoms with Crippen LogP contribution in [0.1, 0.15) is 17.0 Å². The molecule has 25 heavy (non-hydrogen) atoms. The predicted octanol–water partition coefficient (Wildman–Crippen LogP) is 2.69. The highest BCUT2D eigenvalue weighted by atomic mass is 19.1. The topological polar surface area (TPSA) is 119 Å². The molecule has 3 aromatic rings. The van der Waals surface area contributed by atoms with Crippen LogP contribution in [0.25, 0.3) is 0 Å². The van der Waals surface area contributed by atoms with Gasteiger partial charge in [0, 0.05) is 23.5 Å². The third-order valence-corrected chi connectivity index (χ3v) is 3.37. The normalized spacial score (nSPS) is 12.4. The fourth-order valence-corrected chi connectivity index (χ4v) is 2.12. The van der Waals surface area contributed by atoms with E-state index in [0.717, 1.165) is 5.69 Å². The number of nitrogens with one attached hydrogen (secondary N) is 3. The summed E-state index contributed by atoms with van der Waals surface area (Å²) in [7, 11) is 0. The first-order valence-corrected chi connectivity index (χ1v) is 7.46. The number of aryl methyl sites for hydroxylation is 1. The van der Waals surface area contributed by atoms with Crippen molar-refractivity contribution in [3.63, 3.8) is 0 Å². The van der Waals surface area contributed by atoms with Gasteiger partial charge < -0.3 is 10.7 Å². The number of aromatic amines is 2. The van der Waals surface area contributed by atoms with Crippen molar-refractivity contribution in [1.82, 2.24) is 15.2 Å². The predicted molar refractivity (Wildman–Crippen MR) is 95.2 cm³/mol. The molecule has 0 saturated carbocycles. The maximum atomic E-state index is 13.0. The minimum Gasteiger partial charge on any atom is -0.382 e. The Kier molecular flexibility index (Phi) is 4.51. The minimum absolute atomic E-state index is 0.0162. The Hall–Kier alpha value is -3.55. The molecule has 0 aliphatic rings. The largest absolute Gasteiger partial charge is 0.382 e. The quantitative estimate of drug-likeness (QED) is 0.432. The van der Waals surface area contributed by atoms with Gasteiger partial charge in [0.2, 0.25) is 0 Å². The van der Waals surface area contributed by atoms with Gasteiger partial charge in [-0.25, -0.2) is 14.4 Å². The molecule has 7 nitrogen and oxygen atoms in total. The number of aliphatic imine (C=N–C) groups is 2. The summed E-state index contributed by atoms with van der Waals surface area (Å²) in [5, 5.41) is 15.0. The van der Waals surface area contributed by atoms with E-state index in [4.69, 9.17) is 11.1 Å². The summed E-state index contributed by atoms with van der Waals surface area (Å²) < 4.78 is 13.0. The summed E-state index contributed by atoms with van der Waals surface area (Å²) in [6.07, 6.45) is 1.73. The Morgan fingerprint density at radius 1 is 1.24 bits per heavy atom. The van der Waals surface area contributed by atoms with Gasteiger partial charge in [0.25, 0.3) is 0 Å². The molecule has 3 rings (SSSR count). The molecule has 1 aromatic carbocycles. The van der Waals surface area contributed by atoms with E-state index < -0.39 is 0 Å². The number of aromatic nitrogens is 3. The van der Waals surface area contributed by atoms with Crippen LogP contribution in [0.2, 0.25) is 0 Å². The van der Waals surface area contributed by atoms with Crippen LogP contribution >= 0.6 is 0 Å². The molecular weight excluding hydrogens is 321 g/mol. The fraction of sp³-hybridized carbons (Fsp3) is 0.0588. The molecule has 8 heteroatoms. The number of nitrogens with two attached hydrogens (primary N) is 1. The van der Waals surface area contributed by atoms with Crippen LogP contribution in [0.4, 0.5) is 10.2 Å². The van der Waals surface area contributed by atoms with E-state index >= 15 is 0 Å². The Labute approximate surface area is 143 Å². The van der Waals surface area contributed by atoms with Crippen LogP contribution in [0.5, 0.6) is 0 Å². The molecule has 0 bridgehead atoms. The number of rotatable bonds is 4. The Bertz CT molecular complexity index is 934. The van der Waals surface area contributed by atoms with Crippen LogP contribution in [-0.2, 0) is 0 Å². The number of nitrogens with zero attached hydrogens (tertiary/aromatic N) is 3. The van der Waals surface area contributed by atoms with E-state index in [9.17, 15) is 4.39 Å². The molecule has 2 heterocycles. The van der Waals surface area contributed by atoms with E-state index in [1.54, 1.807) is 24.4 Å². The molecule has 0 fully saturated rings. The van der Waals surface area contributed by atoms with Crippen molar-refractivity contribution in [3.05, 3.63) is 71.4 Å². The van der Waals surface area contributed by atoms with Gasteiger partial charge in [-0.15, -0.1) is 0 Å². The number of halogens is 1. The molecule has 0 aliphatic heterocycles. The van der Waals surface area contributed by atoms with Crippen molar-refractivity contribution in [3.8, 4) is 0 Å². The SMILES string of the molecule is Cc1cc(N=C(N=C(N)C(=N)c2ccc(F)cc2)c2ccc[nH]2)n[nH]1. The lowest BCUT2D eigenvalue weighted by Gasteiger charge is -2.05. The highest BCUT2D eigenvalue weighted by molar-refractivity contribution is 6.47. The lowest BCUT2D eigenvalue weighted by atomic mass is 10.1. The maximum Gasteiger partial charge on any atom is 0.180 e. The molecule has 0 atom stereocenters. The maximum absolute atomic E-state index is 13.0. The fourth-order valence-electron chi connectivity index (χ4n) is 2.12. The minimum atomic E-state index is -0.380. The summed E-state index contributed by atoms with van der Waals surface area (Å²) >= 11 is 0. The van der Waals surface area contributed by atoms with Crippen molar-refractivity contribution >= 4 is 23.2 Å². The average Bonchev–Trinajstić information content (AvgIpc) is 3.26. The standard InChI is InChI=1S/C17H16FN7/c1-10-9-14(25-24-10)22-17(13-3-2-8-21-13)23-16(20)15(19)11-4-6-12(18)7-5-11/h2-9,19,21H,1H3,(H3,20,22,23,24,25). The van der Waals surface area contributed by atoms with Crippen LogP contribution in [0.15, 0.2) is 58.6 Å². The third kappa shape index (κ3) is 3.86. The summed E-state index contributed by atoms with van der Waals surface area (Å²) in [5.74, 6) is 0.328. The lowest BCUT2D eigenvalue weighted by Crippen LogP contribution is -2.25. The second-order valence-corrected chi connectivity index (χ2v) is 5.31. The highest BCUT2D eigenvalue weighted by Gasteiger charge is 2.11. The van der Waals surface area contributed by atoms with Crippen LogP contribution in [0.3, 0.4) is 0 Å². The summed E-state index contributed by atoms with van der Waals surface area (Å²) in [6, 6.07) is 10.8. The second-order valence-electron chi connectivity index (χ2n) is 5.31. The smallest absolute Gasteiger partial charge is 0.180 e. The molecule has 0 amide bonds. The van der Waals surface area contributed by atoms with E-state index in [2.05, 4.69) is 25.2 Å². The second kappa shape index (κ2) is 6.91. The van der Waals surface area contributed by atoms with E-state index in [0.29, 0.717) is 22.9 Å². The Balaban J connectivity index is 1.96. The van der Waals surface area contributed by atoms with Crippen LogP contribution in [0, 0.1) is 18.2 Å². The van der Waals surface area contributed by atoms with Gasteiger partial charge >= 0.3 is 0 Å². The number of hydrogen-bond donors (Lipinski definition) is 4. The molecule has 0 saturated heterocycles. The van der Waals surface area contributed by atoms with Gasteiger partial charge in [-0.3, -0.25) is 10.5 Å². The van der Waals surface area contributed by atoms with Crippen LogP contribution < -0.4 is 5.73 Å². The number of H-pyrrole nitrogens is 2. The van der Waals surface area contributed by atoms with Gasteiger partial charge in [0.1, 0.15) is 11.5 Å². The first kappa shape index (κ1) is 16.3. The molecule has 0 unspecified atom stereocenters. The number of hydrogen-bond acceptors (Lipinski definition) is 3. The zero-order valence-corrected chi connectivity index (χ0v) is 13.4. The van der Waals surface area contributed by atoms with Gasteiger partial charge in [-0.1, -0.05) is 0 Å². The van der Waals surface area contributed by atoms with Gasteiger partial charge in [0.15, 0.2) is 17.5 Å². The third-order valence-electron chi connectivity index (χ3n) is 3.37. The zero-order chi connectivity index (χ0) is 17.8.